The van der Waals surface area contributed by atoms with E-state index in [9.17, 15) is 9.18 Å². The summed E-state index contributed by atoms with van der Waals surface area (Å²) in [6.45, 7) is 0.151. The molecular formula is C23H23FN2O2. The number of primary amides is 1. The fraction of sp³-hybridized carbons (Fsp3) is 0.174. The first-order valence-electron chi connectivity index (χ1n) is 9.04. The maximum absolute atomic E-state index is 13.7. The molecule has 28 heavy (non-hydrogen) atoms. The Bertz CT molecular complexity index is 929. The van der Waals surface area contributed by atoms with Crippen LogP contribution in [0.2, 0.25) is 0 Å². The van der Waals surface area contributed by atoms with Gasteiger partial charge in [0.05, 0.1) is 0 Å². The van der Waals surface area contributed by atoms with Crippen molar-refractivity contribution in [3.63, 3.8) is 0 Å². The average Bonchev–Trinajstić information content (AvgIpc) is 2.73. The van der Waals surface area contributed by atoms with Crippen molar-refractivity contribution < 1.29 is 13.9 Å². The van der Waals surface area contributed by atoms with E-state index in [0.717, 1.165) is 11.1 Å². The minimum Gasteiger partial charge on any atom is -0.489 e. The topological polar surface area (TPSA) is 64.3 Å². The summed E-state index contributed by atoms with van der Waals surface area (Å²) in [5.41, 5.74) is 6.99. The molecular weight excluding hydrogens is 355 g/mol. The van der Waals surface area contributed by atoms with Crippen LogP contribution >= 0.6 is 0 Å². The molecule has 0 aliphatic carbocycles. The van der Waals surface area contributed by atoms with E-state index in [-0.39, 0.29) is 12.4 Å². The Balaban J connectivity index is 1.75. The number of hydrogen-bond donors (Lipinski definition) is 2. The molecule has 1 amide bonds. The van der Waals surface area contributed by atoms with Crippen LogP contribution in [0, 0.1) is 5.82 Å². The highest BCUT2D eigenvalue weighted by Crippen LogP contribution is 2.26. The molecule has 1 unspecified atom stereocenters. The Hall–Kier alpha value is -3.18. The first kappa shape index (κ1) is 19.6. The highest BCUT2D eigenvalue weighted by atomic mass is 19.1. The van der Waals surface area contributed by atoms with Crippen molar-refractivity contribution in [3.05, 3.63) is 101 Å². The Morgan fingerprint density at radius 2 is 1.64 bits per heavy atom. The van der Waals surface area contributed by atoms with Gasteiger partial charge in [0, 0.05) is 12.0 Å². The van der Waals surface area contributed by atoms with Crippen LogP contribution in [0.5, 0.6) is 5.75 Å². The van der Waals surface area contributed by atoms with Gasteiger partial charge < -0.3 is 15.8 Å². The van der Waals surface area contributed by atoms with E-state index < -0.39 is 11.4 Å². The summed E-state index contributed by atoms with van der Waals surface area (Å²) in [7, 11) is 1.73. The molecule has 4 nitrogen and oxygen atoms in total. The summed E-state index contributed by atoms with van der Waals surface area (Å²) in [4.78, 5) is 12.3. The average molecular weight is 378 g/mol. The third-order valence-electron chi connectivity index (χ3n) is 4.86. The fourth-order valence-electron chi connectivity index (χ4n) is 3.20. The monoisotopic (exact) mass is 378 g/mol. The van der Waals surface area contributed by atoms with Gasteiger partial charge in [-0.3, -0.25) is 4.79 Å². The first-order chi connectivity index (χ1) is 13.5. The van der Waals surface area contributed by atoms with Crippen molar-refractivity contribution in [3.8, 4) is 5.75 Å². The first-order valence-corrected chi connectivity index (χ1v) is 9.04. The Kier molecular flexibility index (Phi) is 6.06. The minimum absolute atomic E-state index is 0.151. The fourth-order valence-corrected chi connectivity index (χ4v) is 3.20. The predicted molar refractivity (Wildman–Crippen MR) is 107 cm³/mol. The lowest BCUT2D eigenvalue weighted by Crippen LogP contribution is -2.52. The Morgan fingerprint density at radius 1 is 1.00 bits per heavy atom. The number of amides is 1. The van der Waals surface area contributed by atoms with Crippen molar-refractivity contribution in [1.82, 2.24) is 5.32 Å². The van der Waals surface area contributed by atoms with E-state index in [1.54, 1.807) is 25.2 Å². The van der Waals surface area contributed by atoms with Crippen LogP contribution in [0.4, 0.5) is 4.39 Å². The predicted octanol–water partition coefficient (Wildman–Crippen LogP) is 3.55. The molecule has 0 radical (unpaired) electrons. The maximum atomic E-state index is 13.7. The van der Waals surface area contributed by atoms with Crippen molar-refractivity contribution in [2.45, 2.75) is 18.6 Å². The van der Waals surface area contributed by atoms with Gasteiger partial charge in [-0.05, 0) is 36.4 Å². The molecule has 0 fully saturated rings. The van der Waals surface area contributed by atoms with Crippen molar-refractivity contribution in [2.24, 2.45) is 5.73 Å². The van der Waals surface area contributed by atoms with Crippen molar-refractivity contribution >= 4 is 5.91 Å². The SMILES string of the molecule is CNC(Cc1ccc(OCc2ccccc2F)cc1)(C(N)=O)c1ccccc1. The number of carbonyl (C=O) groups excluding carboxylic acids is 1. The van der Waals surface area contributed by atoms with Gasteiger partial charge in [-0.15, -0.1) is 0 Å². The van der Waals surface area contributed by atoms with Crippen LogP contribution in [-0.2, 0) is 23.4 Å². The standard InChI is InChI=1S/C23H23FN2O2/c1-26-23(22(25)27,19-8-3-2-4-9-19)15-17-11-13-20(14-12-17)28-16-18-7-5-6-10-21(18)24/h2-14,26H,15-16H2,1H3,(H2,25,27). The van der Waals surface area contributed by atoms with Crippen LogP contribution in [0.25, 0.3) is 0 Å². The zero-order chi connectivity index (χ0) is 20.0. The van der Waals surface area contributed by atoms with E-state index in [0.29, 0.717) is 17.7 Å². The molecule has 3 rings (SSSR count). The van der Waals surface area contributed by atoms with Gasteiger partial charge in [0.2, 0.25) is 5.91 Å². The van der Waals surface area contributed by atoms with Gasteiger partial charge in [0.15, 0.2) is 0 Å². The normalized spacial score (nSPS) is 12.9. The summed E-state index contributed by atoms with van der Waals surface area (Å²) in [5.74, 6) is -0.107. The second-order valence-corrected chi connectivity index (χ2v) is 6.59. The molecule has 1 atom stereocenters. The highest BCUT2D eigenvalue weighted by molar-refractivity contribution is 5.86. The van der Waals surface area contributed by atoms with Crippen LogP contribution in [0.1, 0.15) is 16.7 Å². The quantitative estimate of drug-likeness (QED) is 0.630. The summed E-state index contributed by atoms with van der Waals surface area (Å²) in [5, 5.41) is 3.10. The van der Waals surface area contributed by atoms with Gasteiger partial charge in [-0.1, -0.05) is 60.7 Å². The summed E-state index contributed by atoms with van der Waals surface area (Å²) >= 11 is 0. The lowest BCUT2D eigenvalue weighted by Gasteiger charge is -2.31. The van der Waals surface area contributed by atoms with Gasteiger partial charge in [0.1, 0.15) is 23.7 Å². The van der Waals surface area contributed by atoms with Crippen molar-refractivity contribution in [2.75, 3.05) is 7.05 Å². The van der Waals surface area contributed by atoms with Crippen LogP contribution in [-0.4, -0.2) is 13.0 Å². The minimum atomic E-state index is -1.00. The number of hydrogen-bond acceptors (Lipinski definition) is 3. The number of likely N-dealkylation sites (N-methyl/N-ethyl adjacent to an activating group) is 1. The third kappa shape index (κ3) is 4.21. The molecule has 3 N–H and O–H groups in total. The maximum Gasteiger partial charge on any atom is 0.242 e. The number of nitrogens with two attached hydrogens (primary N) is 1. The number of benzene rings is 3. The molecule has 0 aromatic heterocycles. The molecule has 3 aromatic carbocycles. The molecule has 0 heterocycles. The zero-order valence-electron chi connectivity index (χ0n) is 15.7. The van der Waals surface area contributed by atoms with Crippen LogP contribution in [0.3, 0.4) is 0 Å². The molecule has 144 valence electrons. The summed E-state index contributed by atoms with van der Waals surface area (Å²) < 4.78 is 19.4. The van der Waals surface area contributed by atoms with Crippen LogP contribution in [0.15, 0.2) is 78.9 Å². The lowest BCUT2D eigenvalue weighted by molar-refractivity contribution is -0.124. The van der Waals surface area contributed by atoms with Gasteiger partial charge in [-0.2, -0.15) is 0 Å². The van der Waals surface area contributed by atoms with Gasteiger partial charge in [-0.25, -0.2) is 4.39 Å². The second kappa shape index (κ2) is 8.67. The van der Waals surface area contributed by atoms with E-state index >= 15 is 0 Å². The largest absolute Gasteiger partial charge is 0.489 e. The molecule has 0 spiro atoms. The lowest BCUT2D eigenvalue weighted by atomic mass is 9.83. The smallest absolute Gasteiger partial charge is 0.242 e. The molecule has 0 saturated heterocycles. The third-order valence-corrected chi connectivity index (χ3v) is 4.86. The summed E-state index contributed by atoms with van der Waals surface area (Å²) in [6.07, 6.45) is 0.399. The number of nitrogens with one attached hydrogen (secondary N) is 1. The van der Waals surface area contributed by atoms with Gasteiger partial charge in [0.25, 0.3) is 0 Å². The Morgan fingerprint density at radius 3 is 2.25 bits per heavy atom. The molecule has 0 saturated carbocycles. The van der Waals surface area contributed by atoms with E-state index in [2.05, 4.69) is 5.32 Å². The van der Waals surface area contributed by atoms with E-state index in [1.807, 2.05) is 54.6 Å². The van der Waals surface area contributed by atoms with Crippen molar-refractivity contribution in [1.29, 1.82) is 0 Å². The van der Waals surface area contributed by atoms with E-state index in [4.69, 9.17) is 10.5 Å². The number of halogens is 1. The molecule has 0 bridgehead atoms. The van der Waals surface area contributed by atoms with E-state index in [1.165, 1.54) is 6.07 Å². The van der Waals surface area contributed by atoms with Crippen LogP contribution < -0.4 is 15.8 Å². The summed E-state index contributed by atoms with van der Waals surface area (Å²) in [6, 6.07) is 23.3. The number of carbonyl (C=O) groups is 1. The Labute approximate surface area is 164 Å². The molecule has 0 aliphatic heterocycles. The van der Waals surface area contributed by atoms with Gasteiger partial charge >= 0.3 is 0 Å². The number of ether oxygens (including phenoxy) is 1. The number of rotatable bonds is 8. The highest BCUT2D eigenvalue weighted by Gasteiger charge is 2.37. The zero-order valence-corrected chi connectivity index (χ0v) is 15.7. The molecule has 5 heteroatoms. The second-order valence-electron chi connectivity index (χ2n) is 6.59. The molecule has 0 aliphatic rings. The molecule has 3 aromatic rings.